The molecule has 0 aromatic rings. The van der Waals surface area contributed by atoms with Crippen LogP contribution in [0, 0.1) is 29.7 Å². The van der Waals surface area contributed by atoms with Crippen molar-refractivity contribution in [3.63, 3.8) is 0 Å². The minimum absolute atomic E-state index is 0. The molecule has 32 valence electrons. The molecule has 0 rings (SSSR count). The van der Waals surface area contributed by atoms with Crippen LogP contribution in [-0.2, 0) is 0 Å². The third-order valence-corrected chi connectivity index (χ3v) is 0. The molecule has 0 heterocycles. The molecule has 0 fully saturated rings. The summed E-state index contributed by atoms with van der Waals surface area (Å²) in [5.74, 6) is 0. The molecule has 0 aromatic heterocycles. The van der Waals surface area contributed by atoms with Crippen LogP contribution in [0.15, 0.2) is 0 Å². The van der Waals surface area contributed by atoms with E-state index in [4.69, 9.17) is 0 Å². The number of hydrogen-bond acceptors (Lipinski definition) is 0. The van der Waals surface area contributed by atoms with Crippen LogP contribution in [0.4, 0.5) is 0 Å². The van der Waals surface area contributed by atoms with E-state index in [0.29, 0.717) is 0 Å². The van der Waals surface area contributed by atoms with Crippen molar-refractivity contribution in [2.45, 2.75) is 0 Å². The zero-order valence-corrected chi connectivity index (χ0v) is 9.83. The summed E-state index contributed by atoms with van der Waals surface area (Å²) in [6.45, 7) is 0. The average Bonchev–Trinajstić information content (AvgIpc) is 0. The minimum atomic E-state index is 0. The maximum atomic E-state index is 0. The molecule has 6 heavy (non-hydrogen) atoms. The SMILES string of the molecule is [CH3-].[CH3-].[CH3-].[CH3-].[Ca+2].[Ca+2]. The van der Waals surface area contributed by atoms with Crippen molar-refractivity contribution < 1.29 is 0 Å². The molecule has 0 saturated carbocycles. The molecule has 0 aromatic carbocycles. The first-order chi connectivity index (χ1) is 0. The third kappa shape index (κ3) is 31.3. The van der Waals surface area contributed by atoms with Gasteiger partial charge in [0.1, 0.15) is 0 Å². The van der Waals surface area contributed by atoms with E-state index in [2.05, 4.69) is 0 Å². The van der Waals surface area contributed by atoms with Crippen LogP contribution < -0.4 is 0 Å². The molecule has 0 saturated heterocycles. The molecule has 0 nitrogen and oxygen atoms in total. The summed E-state index contributed by atoms with van der Waals surface area (Å²) in [7, 11) is 0. The van der Waals surface area contributed by atoms with Crippen molar-refractivity contribution in [3.05, 3.63) is 29.7 Å². The molecule has 0 spiro atoms. The van der Waals surface area contributed by atoms with E-state index < -0.39 is 0 Å². The predicted molar refractivity (Wildman–Crippen MR) is 37.2 cm³/mol. The fourth-order valence-corrected chi connectivity index (χ4v) is 0. The summed E-state index contributed by atoms with van der Waals surface area (Å²) in [4.78, 5) is 0. The van der Waals surface area contributed by atoms with Gasteiger partial charge in [0, 0.05) is 0 Å². The van der Waals surface area contributed by atoms with Crippen molar-refractivity contribution in [3.8, 4) is 0 Å². The summed E-state index contributed by atoms with van der Waals surface area (Å²) in [6, 6.07) is 0. The largest absolute Gasteiger partial charge is 2.00 e. The zero-order chi connectivity index (χ0) is 0. The fraction of sp³-hybridized carbons (Fsp3) is 0. The molecule has 0 aliphatic carbocycles. The summed E-state index contributed by atoms with van der Waals surface area (Å²) in [5, 5.41) is 0. The van der Waals surface area contributed by atoms with Crippen LogP contribution in [-0.4, -0.2) is 75.5 Å². The van der Waals surface area contributed by atoms with E-state index in [1.807, 2.05) is 0 Å². The standard InChI is InChI=1S/4CH3.2Ca/h4*1H3;;/q4*-1;2*+2. The summed E-state index contributed by atoms with van der Waals surface area (Å²) in [5.41, 5.74) is 0. The number of hydrogen-bond donors (Lipinski definition) is 0. The Balaban J connectivity index is 0. The van der Waals surface area contributed by atoms with Gasteiger partial charge < -0.3 is 29.7 Å². The van der Waals surface area contributed by atoms with Gasteiger partial charge in [0.25, 0.3) is 0 Å². The van der Waals surface area contributed by atoms with Crippen LogP contribution in [0.3, 0.4) is 0 Å². The molecule has 0 N–H and O–H groups in total. The van der Waals surface area contributed by atoms with E-state index in [0.717, 1.165) is 0 Å². The van der Waals surface area contributed by atoms with E-state index >= 15 is 0 Å². The van der Waals surface area contributed by atoms with Gasteiger partial charge >= 0.3 is 75.5 Å². The zero-order valence-electron chi connectivity index (χ0n) is 5.41. The molecule has 2 heteroatoms. The average molecular weight is 140 g/mol. The van der Waals surface area contributed by atoms with Gasteiger partial charge in [0.15, 0.2) is 0 Å². The van der Waals surface area contributed by atoms with E-state index in [1.165, 1.54) is 0 Å². The van der Waals surface area contributed by atoms with Gasteiger partial charge in [-0.3, -0.25) is 0 Å². The predicted octanol–water partition coefficient (Wildman–Crippen LogP) is 1.04. The minimum Gasteiger partial charge on any atom is -0.358 e. The second-order valence-corrected chi connectivity index (χ2v) is 0. The third-order valence-electron chi connectivity index (χ3n) is 0. The normalized spacial score (nSPS) is 0. The first-order valence-electron chi connectivity index (χ1n) is 0. The molecule has 0 bridgehead atoms. The van der Waals surface area contributed by atoms with Crippen molar-refractivity contribution >= 4 is 75.5 Å². The van der Waals surface area contributed by atoms with Crippen LogP contribution in [0.1, 0.15) is 0 Å². The van der Waals surface area contributed by atoms with Crippen molar-refractivity contribution in [2.24, 2.45) is 0 Å². The Morgan fingerprint density at radius 3 is 0.333 bits per heavy atom. The first kappa shape index (κ1) is 75.9. The molecule has 0 aliphatic rings. The smallest absolute Gasteiger partial charge is 0.358 e. The molecule has 0 atom stereocenters. The summed E-state index contributed by atoms with van der Waals surface area (Å²) < 4.78 is 0. The topological polar surface area (TPSA) is 0 Å². The van der Waals surface area contributed by atoms with Crippen molar-refractivity contribution in [2.75, 3.05) is 0 Å². The Kier molecular flexibility index (Phi) is 637. The molecule has 0 amide bonds. The van der Waals surface area contributed by atoms with Gasteiger partial charge in [0.2, 0.25) is 0 Å². The molecular formula is C4H12Ca2. The second-order valence-electron chi connectivity index (χ2n) is 0. The van der Waals surface area contributed by atoms with Gasteiger partial charge in [-0.2, -0.15) is 0 Å². The quantitative estimate of drug-likeness (QED) is 0.348. The van der Waals surface area contributed by atoms with Crippen LogP contribution in [0.5, 0.6) is 0 Å². The maximum absolute atomic E-state index is 0. The van der Waals surface area contributed by atoms with Gasteiger partial charge in [-0.05, 0) is 0 Å². The summed E-state index contributed by atoms with van der Waals surface area (Å²) in [6.07, 6.45) is 0. The Labute approximate surface area is 103 Å². The second kappa shape index (κ2) is 50.3. The van der Waals surface area contributed by atoms with Crippen molar-refractivity contribution in [1.82, 2.24) is 0 Å². The van der Waals surface area contributed by atoms with E-state index in [-0.39, 0.29) is 105 Å². The molecule has 0 unspecified atom stereocenters. The Hall–Kier alpha value is 2.52. The Bertz CT molecular complexity index is 5.51. The van der Waals surface area contributed by atoms with Gasteiger partial charge in [-0.1, -0.05) is 0 Å². The summed E-state index contributed by atoms with van der Waals surface area (Å²) >= 11 is 0. The van der Waals surface area contributed by atoms with Gasteiger partial charge in [0.05, 0.1) is 0 Å². The maximum Gasteiger partial charge on any atom is 2.00 e. The Morgan fingerprint density at radius 2 is 0.333 bits per heavy atom. The fourth-order valence-electron chi connectivity index (χ4n) is 0. The monoisotopic (exact) mass is 140 g/mol. The van der Waals surface area contributed by atoms with Crippen LogP contribution in [0.25, 0.3) is 0 Å². The first-order valence-corrected chi connectivity index (χ1v) is 0. The van der Waals surface area contributed by atoms with E-state index in [1.54, 1.807) is 0 Å². The molecule has 0 radical (unpaired) electrons. The number of rotatable bonds is 0. The van der Waals surface area contributed by atoms with Crippen LogP contribution >= 0.6 is 0 Å². The van der Waals surface area contributed by atoms with Gasteiger partial charge in [-0.25, -0.2) is 0 Å². The van der Waals surface area contributed by atoms with E-state index in [9.17, 15) is 0 Å². The molecule has 0 aliphatic heterocycles. The van der Waals surface area contributed by atoms with Gasteiger partial charge in [-0.15, -0.1) is 0 Å². The van der Waals surface area contributed by atoms with Crippen molar-refractivity contribution in [1.29, 1.82) is 0 Å². The Morgan fingerprint density at radius 1 is 0.333 bits per heavy atom. The molecular weight excluding hydrogens is 128 g/mol. The van der Waals surface area contributed by atoms with Crippen LogP contribution in [0.2, 0.25) is 0 Å².